The number of nitrogen functional groups attached to an aromatic ring is 1. The first-order valence-electron chi connectivity index (χ1n) is 12.7. The molecule has 2 atom stereocenters. The van der Waals surface area contributed by atoms with Gasteiger partial charge in [-0.25, -0.2) is 8.78 Å². The fourth-order valence-electron chi connectivity index (χ4n) is 5.30. The van der Waals surface area contributed by atoms with Crippen LogP contribution in [0, 0.1) is 17.6 Å². The Bertz CT molecular complexity index is 1510. The summed E-state index contributed by atoms with van der Waals surface area (Å²) in [6.07, 6.45) is 4.52. The summed E-state index contributed by atoms with van der Waals surface area (Å²) in [5, 5.41) is 13.6. The normalized spacial score (nSPS) is 19.9. The number of carbonyl (C=O) groups excluding carboxylic acids is 2. The Hall–Kier alpha value is -3.98. The van der Waals surface area contributed by atoms with Crippen molar-refractivity contribution in [3.63, 3.8) is 0 Å². The van der Waals surface area contributed by atoms with Crippen molar-refractivity contribution in [1.82, 2.24) is 4.90 Å². The van der Waals surface area contributed by atoms with Crippen molar-refractivity contribution < 1.29 is 28.3 Å². The number of nitrogens with two attached hydrogens (primary N) is 1. The summed E-state index contributed by atoms with van der Waals surface area (Å²) in [5.41, 5.74) is 8.87. The summed E-state index contributed by atoms with van der Waals surface area (Å²) in [5.74, 6) is -2.57. The van der Waals surface area contributed by atoms with Crippen LogP contribution < -0.4 is 15.8 Å². The molecular weight excluding hydrogens is 526 g/mol. The largest absolute Gasteiger partial charge is 0.399 e. The number of nitrogens with zero attached hydrogens (tertiary/aromatic N) is 2. The number of halogens is 3. The van der Waals surface area contributed by atoms with Crippen molar-refractivity contribution in [2.75, 3.05) is 17.6 Å². The average molecular weight is 554 g/mol. The lowest BCUT2D eigenvalue weighted by atomic mass is 9.92. The third-order valence-electron chi connectivity index (χ3n) is 7.42. The second kappa shape index (κ2) is 10.6. The van der Waals surface area contributed by atoms with Crippen LogP contribution in [0.3, 0.4) is 0 Å². The van der Waals surface area contributed by atoms with E-state index in [-0.39, 0.29) is 40.9 Å². The molecule has 4 N–H and O–H groups in total. The monoisotopic (exact) mass is 553 g/mol. The lowest BCUT2D eigenvalue weighted by Crippen LogP contribution is -2.45. The molecule has 5 rings (SSSR count). The van der Waals surface area contributed by atoms with Crippen molar-refractivity contribution >= 4 is 40.4 Å². The van der Waals surface area contributed by atoms with E-state index in [0.29, 0.717) is 47.5 Å². The smallest absolute Gasteiger partial charge is 0.257 e. The van der Waals surface area contributed by atoms with Crippen molar-refractivity contribution in [2.24, 2.45) is 5.92 Å². The number of anilines is 2. The van der Waals surface area contributed by atoms with E-state index in [1.54, 1.807) is 35.2 Å². The van der Waals surface area contributed by atoms with Gasteiger partial charge in [0.05, 0.1) is 16.3 Å². The van der Waals surface area contributed by atoms with Crippen molar-refractivity contribution in [3.8, 4) is 11.1 Å². The van der Waals surface area contributed by atoms with Gasteiger partial charge in [-0.15, -0.1) is 0 Å². The molecule has 10 heteroatoms. The number of hydrogen-bond donors (Lipinski definition) is 3. The van der Waals surface area contributed by atoms with Crippen LogP contribution in [-0.4, -0.2) is 28.5 Å². The van der Waals surface area contributed by atoms with Gasteiger partial charge in [-0.05, 0) is 54.7 Å². The molecule has 202 valence electrons. The first-order valence-corrected chi connectivity index (χ1v) is 13.1. The molecule has 0 radical (unpaired) electrons. The van der Waals surface area contributed by atoms with E-state index < -0.39 is 23.6 Å². The molecule has 2 aliphatic rings. The molecule has 2 amide bonds. The van der Waals surface area contributed by atoms with Crippen LogP contribution in [0.5, 0.6) is 0 Å². The van der Waals surface area contributed by atoms with E-state index in [9.17, 15) is 23.6 Å². The number of benzene rings is 2. The lowest BCUT2D eigenvalue weighted by Gasteiger charge is -2.33. The van der Waals surface area contributed by atoms with Crippen LogP contribution in [0.25, 0.3) is 16.7 Å². The molecule has 0 saturated carbocycles. The predicted molar refractivity (Wildman–Crippen MR) is 144 cm³/mol. The summed E-state index contributed by atoms with van der Waals surface area (Å²) in [7, 11) is 0. The minimum atomic E-state index is -0.900. The molecule has 0 fully saturated rings. The van der Waals surface area contributed by atoms with Crippen LogP contribution in [0.15, 0.2) is 54.7 Å². The Morgan fingerprint density at radius 1 is 1.13 bits per heavy atom. The number of nitrogens with one attached hydrogen (secondary N) is 1. The Morgan fingerprint density at radius 3 is 2.69 bits per heavy atom. The van der Waals surface area contributed by atoms with Gasteiger partial charge in [0.15, 0.2) is 5.82 Å². The van der Waals surface area contributed by atoms with Gasteiger partial charge in [0.1, 0.15) is 11.9 Å². The number of fused-ring (bicyclic) bond motifs is 4. The Labute approximate surface area is 229 Å². The van der Waals surface area contributed by atoms with Gasteiger partial charge >= 0.3 is 0 Å². The standard InChI is InChI=1S/C29H27ClF2N4O3/c1-16-3-2-4-24(35-11-9-18(14-26(35)37)27-22(31)8-7-21(30)28(27)32)25-13-17(10-12-36(25)39)20-6-5-19(33)15-23(20)34-29(16)38/h5-8,10,12-16,24,39H,2-4,9,11H2,1H3,(H2,33,34,38)/p+1/t16-,24+/m1/s1. The van der Waals surface area contributed by atoms with E-state index >= 15 is 0 Å². The molecule has 0 spiro atoms. The van der Waals surface area contributed by atoms with E-state index in [1.807, 2.05) is 6.92 Å². The quantitative estimate of drug-likeness (QED) is 0.169. The minimum Gasteiger partial charge on any atom is -0.399 e. The topological polar surface area (TPSA) is 99.5 Å². The van der Waals surface area contributed by atoms with E-state index in [0.717, 1.165) is 16.9 Å². The van der Waals surface area contributed by atoms with Crippen LogP contribution in [0.1, 0.15) is 49.9 Å². The number of pyridine rings is 1. The van der Waals surface area contributed by atoms with Crippen molar-refractivity contribution in [1.29, 1.82) is 0 Å². The van der Waals surface area contributed by atoms with Gasteiger partial charge in [0.2, 0.25) is 18.0 Å². The van der Waals surface area contributed by atoms with Crippen LogP contribution in [0.4, 0.5) is 20.2 Å². The predicted octanol–water partition coefficient (Wildman–Crippen LogP) is 5.51. The number of carbonyl (C=O) groups is 2. The highest BCUT2D eigenvalue weighted by Gasteiger charge is 2.35. The minimum absolute atomic E-state index is 0.139. The zero-order valence-corrected chi connectivity index (χ0v) is 22.0. The summed E-state index contributed by atoms with van der Waals surface area (Å²) in [6, 6.07) is 10.4. The summed E-state index contributed by atoms with van der Waals surface area (Å²) in [6.45, 7) is 2.01. The molecule has 0 aliphatic carbocycles. The Balaban J connectivity index is 1.57. The highest BCUT2D eigenvalue weighted by molar-refractivity contribution is 6.31. The highest BCUT2D eigenvalue weighted by Crippen LogP contribution is 2.37. The van der Waals surface area contributed by atoms with Gasteiger partial charge in [-0.1, -0.05) is 31.0 Å². The molecule has 2 aromatic carbocycles. The second-order valence-corrected chi connectivity index (χ2v) is 10.4. The summed E-state index contributed by atoms with van der Waals surface area (Å²) >= 11 is 5.87. The highest BCUT2D eigenvalue weighted by atomic mass is 35.5. The van der Waals surface area contributed by atoms with Gasteiger partial charge < -0.3 is 16.0 Å². The van der Waals surface area contributed by atoms with E-state index in [1.165, 1.54) is 12.3 Å². The SMILES string of the molecule is C[C@@H]1CCC[C@H](N2CCC(c3c(F)ccc(Cl)c3F)=CC2=O)c2cc(cc[n+]2O)-c2ccc(N)cc2NC1=O. The van der Waals surface area contributed by atoms with Crippen molar-refractivity contribution in [3.05, 3.63) is 82.7 Å². The molecule has 3 heterocycles. The van der Waals surface area contributed by atoms with E-state index in [4.69, 9.17) is 17.3 Å². The zero-order valence-electron chi connectivity index (χ0n) is 21.3. The third-order valence-corrected chi connectivity index (χ3v) is 7.72. The molecule has 2 aliphatic heterocycles. The first kappa shape index (κ1) is 26.6. The Morgan fingerprint density at radius 2 is 1.92 bits per heavy atom. The van der Waals surface area contributed by atoms with Gasteiger partial charge in [0, 0.05) is 46.7 Å². The summed E-state index contributed by atoms with van der Waals surface area (Å²) < 4.78 is 30.2. The van der Waals surface area contributed by atoms with Gasteiger partial charge in [-0.2, -0.15) is 0 Å². The number of aromatic nitrogens is 1. The first-order chi connectivity index (χ1) is 18.6. The maximum Gasteiger partial charge on any atom is 0.257 e. The van der Waals surface area contributed by atoms with E-state index in [2.05, 4.69) is 5.32 Å². The maximum absolute atomic E-state index is 14.7. The second-order valence-electron chi connectivity index (χ2n) is 10.00. The molecule has 39 heavy (non-hydrogen) atoms. The number of amides is 2. The van der Waals surface area contributed by atoms with Crippen LogP contribution in [-0.2, 0) is 9.59 Å². The van der Waals surface area contributed by atoms with Gasteiger partial charge in [0.25, 0.3) is 5.69 Å². The molecule has 2 bridgehead atoms. The summed E-state index contributed by atoms with van der Waals surface area (Å²) in [4.78, 5) is 27.9. The molecular formula is C29H28ClF2N4O3+. The lowest BCUT2D eigenvalue weighted by molar-refractivity contribution is -0.910. The van der Waals surface area contributed by atoms with Crippen LogP contribution in [0.2, 0.25) is 5.02 Å². The third kappa shape index (κ3) is 5.18. The van der Waals surface area contributed by atoms with Gasteiger partial charge in [-0.3, -0.25) is 14.8 Å². The van der Waals surface area contributed by atoms with Crippen LogP contribution >= 0.6 is 11.6 Å². The molecule has 0 saturated heterocycles. The molecule has 0 unspecified atom stereocenters. The van der Waals surface area contributed by atoms with Crippen molar-refractivity contribution in [2.45, 2.75) is 38.6 Å². The number of hydrogen-bond acceptors (Lipinski definition) is 4. The Kier molecular flexibility index (Phi) is 7.27. The molecule has 3 aromatic rings. The average Bonchev–Trinajstić information content (AvgIpc) is 2.90. The fourth-order valence-corrected chi connectivity index (χ4v) is 5.45. The maximum atomic E-state index is 14.7. The molecule has 7 nitrogen and oxygen atoms in total. The molecule has 1 aromatic heterocycles. The number of rotatable bonds is 2. The fraction of sp³-hybridized carbons (Fsp3) is 0.276. The zero-order chi connectivity index (χ0) is 27.8.